The third kappa shape index (κ3) is 2.97. The first-order valence-corrected chi connectivity index (χ1v) is 6.69. The molecule has 1 aromatic rings. The molecule has 0 fully saturated rings. The number of terminal acetylenes is 1. The topological polar surface area (TPSA) is 29.5 Å². The minimum Gasteiger partial charge on any atom is -0.363 e. The van der Waals surface area contributed by atoms with Gasteiger partial charge in [-0.3, -0.25) is 4.79 Å². The third-order valence-corrected chi connectivity index (χ3v) is 3.31. The number of carbonyl (C=O) groups excluding carboxylic acids is 1. The molecule has 1 unspecified atom stereocenters. The van der Waals surface area contributed by atoms with E-state index in [4.69, 9.17) is 11.2 Å². The van der Waals surface area contributed by atoms with Crippen molar-refractivity contribution in [3.63, 3.8) is 0 Å². The molecular formula is C16H19NO2. The van der Waals surface area contributed by atoms with Gasteiger partial charge in [0.1, 0.15) is 0 Å². The van der Waals surface area contributed by atoms with Crippen molar-refractivity contribution in [3.8, 4) is 12.3 Å². The molecule has 3 nitrogen and oxygen atoms in total. The Kier molecular flexibility index (Phi) is 4.59. The van der Waals surface area contributed by atoms with E-state index in [-0.39, 0.29) is 5.91 Å². The van der Waals surface area contributed by atoms with Crippen LogP contribution in [0.1, 0.15) is 30.6 Å². The van der Waals surface area contributed by atoms with Crippen LogP contribution in [0.25, 0.3) is 0 Å². The highest BCUT2D eigenvalue weighted by atomic mass is 16.5. The maximum absolute atomic E-state index is 12.5. The summed E-state index contributed by atoms with van der Waals surface area (Å²) < 4.78 is 5.68. The highest BCUT2D eigenvalue weighted by Crippen LogP contribution is 2.28. The van der Waals surface area contributed by atoms with Crippen molar-refractivity contribution >= 4 is 5.91 Å². The molecule has 19 heavy (non-hydrogen) atoms. The summed E-state index contributed by atoms with van der Waals surface area (Å²) in [5.41, 5.74) is 2.18. The number of benzene rings is 1. The van der Waals surface area contributed by atoms with Gasteiger partial charge in [-0.1, -0.05) is 37.1 Å². The largest absolute Gasteiger partial charge is 0.363 e. The van der Waals surface area contributed by atoms with Crippen molar-refractivity contribution in [2.75, 3.05) is 19.7 Å². The molecule has 0 aliphatic carbocycles. The van der Waals surface area contributed by atoms with Gasteiger partial charge in [0, 0.05) is 6.54 Å². The fourth-order valence-electron chi connectivity index (χ4n) is 2.41. The Balaban J connectivity index is 2.22. The molecule has 0 spiro atoms. The molecule has 1 atom stereocenters. The molecule has 1 aromatic carbocycles. The zero-order valence-corrected chi connectivity index (χ0v) is 11.3. The normalized spacial score (nSPS) is 17.4. The van der Waals surface area contributed by atoms with Crippen LogP contribution in [0.5, 0.6) is 0 Å². The van der Waals surface area contributed by atoms with Gasteiger partial charge >= 0.3 is 0 Å². The molecule has 0 N–H and O–H groups in total. The molecule has 3 heteroatoms. The van der Waals surface area contributed by atoms with Crippen molar-refractivity contribution in [3.05, 3.63) is 35.4 Å². The monoisotopic (exact) mass is 257 g/mol. The van der Waals surface area contributed by atoms with E-state index in [0.717, 1.165) is 18.4 Å². The predicted octanol–water partition coefficient (Wildman–Crippen LogP) is 2.17. The lowest BCUT2D eigenvalue weighted by Crippen LogP contribution is -2.38. The highest BCUT2D eigenvalue weighted by molar-refractivity contribution is 5.83. The summed E-state index contributed by atoms with van der Waals surface area (Å²) >= 11 is 0. The number of amides is 1. The number of rotatable bonds is 4. The lowest BCUT2D eigenvalue weighted by Gasteiger charge is -2.29. The van der Waals surface area contributed by atoms with Gasteiger partial charge in [-0.2, -0.15) is 0 Å². The van der Waals surface area contributed by atoms with E-state index in [2.05, 4.69) is 12.0 Å². The number of fused-ring (bicyclic) bond motifs is 1. The summed E-state index contributed by atoms with van der Waals surface area (Å²) in [6.07, 6.45) is 6.60. The maximum Gasteiger partial charge on any atom is 0.257 e. The van der Waals surface area contributed by atoms with E-state index in [9.17, 15) is 4.79 Å². The van der Waals surface area contributed by atoms with Gasteiger partial charge < -0.3 is 9.64 Å². The van der Waals surface area contributed by atoms with E-state index < -0.39 is 6.10 Å². The van der Waals surface area contributed by atoms with Gasteiger partial charge in [0.25, 0.3) is 5.91 Å². The molecule has 1 amide bonds. The Morgan fingerprint density at radius 3 is 3.05 bits per heavy atom. The summed E-state index contributed by atoms with van der Waals surface area (Å²) in [6, 6.07) is 7.97. The van der Waals surface area contributed by atoms with E-state index in [1.54, 1.807) is 4.90 Å². The first-order valence-electron chi connectivity index (χ1n) is 6.69. The summed E-state index contributed by atoms with van der Waals surface area (Å²) in [6.45, 7) is 3.63. The molecule has 2 rings (SSSR count). The van der Waals surface area contributed by atoms with E-state index in [1.807, 2.05) is 25.1 Å². The van der Waals surface area contributed by atoms with Crippen molar-refractivity contribution < 1.29 is 9.53 Å². The number of ether oxygens (including phenoxy) is 1. The molecular weight excluding hydrogens is 238 g/mol. The first-order chi connectivity index (χ1) is 9.27. The van der Waals surface area contributed by atoms with E-state index >= 15 is 0 Å². The predicted molar refractivity (Wildman–Crippen MR) is 74.5 cm³/mol. The van der Waals surface area contributed by atoms with Crippen LogP contribution in [0.15, 0.2) is 24.3 Å². The molecule has 100 valence electrons. The van der Waals surface area contributed by atoms with Crippen molar-refractivity contribution in [1.29, 1.82) is 0 Å². The van der Waals surface area contributed by atoms with Crippen LogP contribution in [0.3, 0.4) is 0 Å². The van der Waals surface area contributed by atoms with Gasteiger partial charge in [0.05, 0.1) is 13.2 Å². The third-order valence-electron chi connectivity index (χ3n) is 3.31. The number of hydrogen-bond acceptors (Lipinski definition) is 2. The van der Waals surface area contributed by atoms with Gasteiger partial charge in [-0.25, -0.2) is 0 Å². The molecule has 1 heterocycles. The van der Waals surface area contributed by atoms with Crippen LogP contribution in [0.2, 0.25) is 0 Å². The molecule has 1 aliphatic heterocycles. The Labute approximate surface area is 114 Å². The van der Waals surface area contributed by atoms with Crippen LogP contribution in [0, 0.1) is 12.3 Å². The van der Waals surface area contributed by atoms with Gasteiger partial charge in [-0.15, -0.1) is 6.42 Å². The van der Waals surface area contributed by atoms with Gasteiger partial charge in [-0.05, 0) is 24.0 Å². The van der Waals surface area contributed by atoms with Crippen LogP contribution in [0.4, 0.5) is 0 Å². The second-order valence-corrected chi connectivity index (χ2v) is 4.66. The van der Waals surface area contributed by atoms with Crippen molar-refractivity contribution in [2.45, 2.75) is 25.9 Å². The van der Waals surface area contributed by atoms with Crippen LogP contribution >= 0.6 is 0 Å². The summed E-state index contributed by atoms with van der Waals surface area (Å²) in [4.78, 5) is 14.2. The molecule has 0 bridgehead atoms. The van der Waals surface area contributed by atoms with Crippen LogP contribution < -0.4 is 0 Å². The fourth-order valence-corrected chi connectivity index (χ4v) is 2.41. The second-order valence-electron chi connectivity index (χ2n) is 4.66. The number of nitrogens with zero attached hydrogens (tertiary/aromatic N) is 1. The Morgan fingerprint density at radius 2 is 2.32 bits per heavy atom. The minimum atomic E-state index is -0.496. The minimum absolute atomic E-state index is 0.0213. The van der Waals surface area contributed by atoms with E-state index in [1.165, 1.54) is 5.56 Å². The van der Waals surface area contributed by atoms with E-state index in [0.29, 0.717) is 19.7 Å². The molecule has 1 aliphatic rings. The summed E-state index contributed by atoms with van der Waals surface area (Å²) in [7, 11) is 0. The molecule has 0 radical (unpaired) electrons. The highest BCUT2D eigenvalue weighted by Gasteiger charge is 2.30. The molecule has 0 saturated carbocycles. The van der Waals surface area contributed by atoms with Crippen LogP contribution in [-0.4, -0.2) is 30.5 Å². The van der Waals surface area contributed by atoms with Gasteiger partial charge in [0.2, 0.25) is 0 Å². The number of hydrogen-bond donors (Lipinski definition) is 0. The van der Waals surface area contributed by atoms with Crippen molar-refractivity contribution in [1.82, 2.24) is 4.90 Å². The lowest BCUT2D eigenvalue weighted by atomic mass is 9.97. The average Bonchev–Trinajstić information content (AvgIpc) is 2.46. The van der Waals surface area contributed by atoms with Crippen LogP contribution in [-0.2, 0) is 16.0 Å². The zero-order valence-electron chi connectivity index (χ0n) is 11.3. The SMILES string of the molecule is C#CCN(CCC)C(=O)C1OCCc2ccccc21. The smallest absolute Gasteiger partial charge is 0.257 e. The Bertz CT molecular complexity index is 490. The fraction of sp³-hybridized carbons (Fsp3) is 0.438. The zero-order chi connectivity index (χ0) is 13.7. The van der Waals surface area contributed by atoms with Gasteiger partial charge in [0.15, 0.2) is 6.10 Å². The molecule has 0 saturated heterocycles. The average molecular weight is 257 g/mol. The molecule has 0 aromatic heterocycles. The first kappa shape index (κ1) is 13.6. The summed E-state index contributed by atoms with van der Waals surface area (Å²) in [5.74, 6) is 2.52. The quantitative estimate of drug-likeness (QED) is 0.774. The summed E-state index contributed by atoms with van der Waals surface area (Å²) in [5, 5.41) is 0. The number of carbonyl (C=O) groups is 1. The maximum atomic E-state index is 12.5. The Hall–Kier alpha value is -1.79. The standard InChI is InChI=1S/C16H19NO2/c1-3-10-17(11-4-2)16(18)15-14-8-6-5-7-13(14)9-12-19-15/h1,5-8,15H,4,9-12H2,2H3. The second kappa shape index (κ2) is 6.40. The lowest BCUT2D eigenvalue weighted by molar-refractivity contribution is -0.144. The van der Waals surface area contributed by atoms with Crippen molar-refractivity contribution in [2.24, 2.45) is 0 Å². The Morgan fingerprint density at radius 1 is 1.53 bits per heavy atom.